The molecule has 0 aromatic carbocycles. The quantitative estimate of drug-likeness (QED) is 0.755. The summed E-state index contributed by atoms with van der Waals surface area (Å²) < 4.78 is 0. The van der Waals surface area contributed by atoms with Crippen molar-refractivity contribution < 1.29 is 0 Å². The molecule has 0 fully saturated rings. The van der Waals surface area contributed by atoms with Crippen molar-refractivity contribution in [2.45, 2.75) is 32.2 Å². The first kappa shape index (κ1) is 12.3. The fourth-order valence-corrected chi connectivity index (χ4v) is 1.81. The second-order valence-electron chi connectivity index (χ2n) is 3.87. The lowest BCUT2D eigenvalue weighted by Crippen LogP contribution is -2.03. The maximum absolute atomic E-state index is 4.47. The first-order valence-corrected chi connectivity index (χ1v) is 6.39. The van der Waals surface area contributed by atoms with Gasteiger partial charge in [0.25, 0.3) is 0 Å². The summed E-state index contributed by atoms with van der Waals surface area (Å²) in [6.07, 6.45) is 4.70. The topological polar surface area (TPSA) is 37.8 Å². The highest BCUT2D eigenvalue weighted by Gasteiger charge is 2.00. The molecule has 0 bridgehead atoms. The molecule has 0 aliphatic carbocycles. The SMILES string of the molecule is CCCNc1cncc(SCC(C)C)n1. The van der Waals surface area contributed by atoms with Crippen LogP contribution in [0.3, 0.4) is 0 Å². The summed E-state index contributed by atoms with van der Waals surface area (Å²) in [6.45, 7) is 7.50. The van der Waals surface area contributed by atoms with Crippen molar-refractivity contribution in [1.82, 2.24) is 9.97 Å². The summed E-state index contributed by atoms with van der Waals surface area (Å²) in [6, 6.07) is 0. The van der Waals surface area contributed by atoms with Gasteiger partial charge in [0.1, 0.15) is 10.8 Å². The average Bonchev–Trinajstić information content (AvgIpc) is 2.24. The molecule has 0 atom stereocenters. The minimum absolute atomic E-state index is 0.684. The third-order valence-electron chi connectivity index (χ3n) is 1.73. The van der Waals surface area contributed by atoms with Gasteiger partial charge >= 0.3 is 0 Å². The van der Waals surface area contributed by atoms with Gasteiger partial charge in [0.05, 0.1) is 12.4 Å². The van der Waals surface area contributed by atoms with E-state index in [1.165, 1.54) is 0 Å². The number of anilines is 1. The zero-order valence-corrected chi connectivity index (χ0v) is 10.5. The van der Waals surface area contributed by atoms with Crippen LogP contribution in [0.1, 0.15) is 27.2 Å². The van der Waals surface area contributed by atoms with Gasteiger partial charge in [-0.1, -0.05) is 20.8 Å². The maximum Gasteiger partial charge on any atom is 0.145 e. The van der Waals surface area contributed by atoms with Gasteiger partial charge in [-0.15, -0.1) is 11.8 Å². The predicted octanol–water partition coefficient (Wildman–Crippen LogP) is 3.05. The summed E-state index contributed by atoms with van der Waals surface area (Å²) in [5, 5.41) is 4.24. The first-order valence-electron chi connectivity index (χ1n) is 5.41. The Labute approximate surface area is 96.1 Å². The summed E-state index contributed by atoms with van der Waals surface area (Å²) in [5.41, 5.74) is 0. The van der Waals surface area contributed by atoms with Gasteiger partial charge in [0, 0.05) is 12.3 Å². The minimum atomic E-state index is 0.684. The molecule has 15 heavy (non-hydrogen) atoms. The maximum atomic E-state index is 4.47. The Morgan fingerprint density at radius 1 is 1.40 bits per heavy atom. The lowest BCUT2D eigenvalue weighted by molar-refractivity contribution is 0.749. The first-order chi connectivity index (χ1) is 7.22. The van der Waals surface area contributed by atoms with Gasteiger partial charge < -0.3 is 5.32 Å². The van der Waals surface area contributed by atoms with Crippen molar-refractivity contribution in [2.75, 3.05) is 17.6 Å². The summed E-state index contributed by atoms with van der Waals surface area (Å²) in [5.74, 6) is 2.65. The number of aromatic nitrogens is 2. The lowest BCUT2D eigenvalue weighted by Gasteiger charge is -2.06. The van der Waals surface area contributed by atoms with Gasteiger partial charge in [0.2, 0.25) is 0 Å². The van der Waals surface area contributed by atoms with Gasteiger partial charge in [0.15, 0.2) is 0 Å². The summed E-state index contributed by atoms with van der Waals surface area (Å²) in [7, 11) is 0. The highest BCUT2D eigenvalue weighted by atomic mass is 32.2. The van der Waals surface area contributed by atoms with Crippen molar-refractivity contribution in [3.05, 3.63) is 12.4 Å². The molecule has 0 saturated carbocycles. The summed E-state index contributed by atoms with van der Waals surface area (Å²) in [4.78, 5) is 8.64. The number of nitrogens with one attached hydrogen (secondary N) is 1. The van der Waals surface area contributed by atoms with Crippen LogP contribution in [0.2, 0.25) is 0 Å². The summed E-state index contributed by atoms with van der Waals surface area (Å²) >= 11 is 1.76. The van der Waals surface area contributed by atoms with E-state index in [1.807, 2.05) is 6.20 Å². The zero-order valence-electron chi connectivity index (χ0n) is 9.66. The molecule has 1 N–H and O–H groups in total. The van der Waals surface area contributed by atoms with Crippen molar-refractivity contribution >= 4 is 17.6 Å². The Hall–Kier alpha value is -0.770. The van der Waals surface area contributed by atoms with E-state index < -0.39 is 0 Å². The van der Waals surface area contributed by atoms with E-state index in [1.54, 1.807) is 18.0 Å². The molecule has 0 unspecified atom stereocenters. The van der Waals surface area contributed by atoms with E-state index in [-0.39, 0.29) is 0 Å². The Balaban J connectivity index is 2.50. The zero-order chi connectivity index (χ0) is 11.1. The van der Waals surface area contributed by atoms with Crippen LogP contribution >= 0.6 is 11.8 Å². The number of hydrogen-bond acceptors (Lipinski definition) is 4. The Bertz CT molecular complexity index is 289. The molecule has 1 rings (SSSR count). The Kier molecular flexibility index (Phi) is 5.47. The number of rotatable bonds is 6. The van der Waals surface area contributed by atoms with E-state index in [4.69, 9.17) is 0 Å². The molecule has 0 amide bonds. The van der Waals surface area contributed by atoms with Crippen LogP contribution in [0.15, 0.2) is 17.4 Å². The normalized spacial score (nSPS) is 10.7. The molecule has 0 aliphatic heterocycles. The van der Waals surface area contributed by atoms with Crippen LogP contribution in [-0.4, -0.2) is 22.3 Å². The Morgan fingerprint density at radius 3 is 2.87 bits per heavy atom. The molecule has 3 nitrogen and oxygen atoms in total. The second-order valence-corrected chi connectivity index (χ2v) is 4.91. The van der Waals surface area contributed by atoms with E-state index in [2.05, 4.69) is 36.1 Å². The van der Waals surface area contributed by atoms with Crippen molar-refractivity contribution in [3.63, 3.8) is 0 Å². The smallest absolute Gasteiger partial charge is 0.145 e. The lowest BCUT2D eigenvalue weighted by atomic mass is 10.3. The molecule has 1 heterocycles. The van der Waals surface area contributed by atoms with Crippen LogP contribution in [0.4, 0.5) is 5.82 Å². The van der Waals surface area contributed by atoms with Gasteiger partial charge in [-0.25, -0.2) is 4.98 Å². The van der Waals surface area contributed by atoms with E-state index in [0.29, 0.717) is 5.92 Å². The molecule has 0 radical (unpaired) electrons. The van der Waals surface area contributed by atoms with E-state index >= 15 is 0 Å². The third-order valence-corrected chi connectivity index (χ3v) is 3.06. The average molecular weight is 225 g/mol. The van der Waals surface area contributed by atoms with E-state index in [0.717, 1.165) is 29.6 Å². The van der Waals surface area contributed by atoms with Gasteiger partial charge in [-0.3, -0.25) is 4.98 Å². The number of hydrogen-bond donors (Lipinski definition) is 1. The van der Waals surface area contributed by atoms with Crippen LogP contribution in [0.25, 0.3) is 0 Å². The molecule has 0 aliphatic rings. The monoisotopic (exact) mass is 225 g/mol. The highest BCUT2D eigenvalue weighted by Crippen LogP contribution is 2.18. The molecule has 0 spiro atoms. The van der Waals surface area contributed by atoms with Crippen molar-refractivity contribution in [3.8, 4) is 0 Å². The number of thioether (sulfide) groups is 1. The number of nitrogens with zero attached hydrogens (tertiary/aromatic N) is 2. The van der Waals surface area contributed by atoms with Crippen LogP contribution < -0.4 is 5.32 Å². The molecule has 1 aromatic rings. The van der Waals surface area contributed by atoms with Crippen LogP contribution in [0, 0.1) is 5.92 Å². The fourth-order valence-electron chi connectivity index (χ4n) is 1.01. The van der Waals surface area contributed by atoms with Crippen LogP contribution in [-0.2, 0) is 0 Å². The standard InChI is InChI=1S/C11H19N3S/c1-4-5-13-10-6-12-7-11(14-10)15-8-9(2)3/h6-7,9H,4-5,8H2,1-3H3,(H,13,14). The molecule has 84 valence electrons. The molecular weight excluding hydrogens is 206 g/mol. The highest BCUT2D eigenvalue weighted by molar-refractivity contribution is 7.99. The molecule has 1 aromatic heterocycles. The van der Waals surface area contributed by atoms with Gasteiger partial charge in [-0.05, 0) is 12.3 Å². The Morgan fingerprint density at radius 2 is 2.20 bits per heavy atom. The molecular formula is C11H19N3S. The van der Waals surface area contributed by atoms with Crippen LogP contribution in [0.5, 0.6) is 0 Å². The third kappa shape index (κ3) is 5.02. The largest absolute Gasteiger partial charge is 0.369 e. The minimum Gasteiger partial charge on any atom is -0.369 e. The van der Waals surface area contributed by atoms with E-state index in [9.17, 15) is 0 Å². The fraction of sp³-hybridized carbons (Fsp3) is 0.636. The van der Waals surface area contributed by atoms with Crippen molar-refractivity contribution in [1.29, 1.82) is 0 Å². The molecule has 4 heteroatoms. The van der Waals surface area contributed by atoms with Gasteiger partial charge in [-0.2, -0.15) is 0 Å². The predicted molar refractivity (Wildman–Crippen MR) is 66.4 cm³/mol. The van der Waals surface area contributed by atoms with Crippen molar-refractivity contribution in [2.24, 2.45) is 5.92 Å². The second kappa shape index (κ2) is 6.67. The molecule has 0 saturated heterocycles.